The van der Waals surface area contributed by atoms with Crippen molar-refractivity contribution in [3.05, 3.63) is 54.6 Å². The monoisotopic (exact) mass is 341 g/mol. The molecule has 5 heteroatoms. The van der Waals surface area contributed by atoms with E-state index in [9.17, 15) is 9.59 Å². The van der Waals surface area contributed by atoms with E-state index in [1.165, 1.54) is 0 Å². The number of nitrogens with one attached hydrogen (secondary N) is 1. The van der Waals surface area contributed by atoms with Gasteiger partial charge in [-0.2, -0.15) is 0 Å². The number of hydrogen-bond donors (Lipinski definition) is 1. The number of thioether (sulfide) groups is 1. The van der Waals surface area contributed by atoms with E-state index >= 15 is 0 Å². The van der Waals surface area contributed by atoms with E-state index < -0.39 is 0 Å². The van der Waals surface area contributed by atoms with E-state index in [1.807, 2.05) is 30.3 Å². The van der Waals surface area contributed by atoms with Crippen LogP contribution in [-0.4, -0.2) is 17.6 Å². The summed E-state index contributed by atoms with van der Waals surface area (Å²) >= 11 is 1.62. The van der Waals surface area contributed by atoms with Crippen molar-refractivity contribution in [2.45, 2.75) is 24.2 Å². The summed E-state index contributed by atoms with van der Waals surface area (Å²) in [7, 11) is 0. The van der Waals surface area contributed by atoms with Gasteiger partial charge in [-0.3, -0.25) is 9.59 Å². The van der Waals surface area contributed by atoms with E-state index in [1.54, 1.807) is 36.0 Å². The van der Waals surface area contributed by atoms with Crippen molar-refractivity contribution in [2.24, 2.45) is 5.92 Å². The number of hydrogen-bond acceptors (Lipinski definition) is 4. The van der Waals surface area contributed by atoms with Gasteiger partial charge in [-0.05, 0) is 37.1 Å². The molecule has 3 rings (SSSR count). The van der Waals surface area contributed by atoms with Gasteiger partial charge in [0.1, 0.15) is 5.75 Å². The fourth-order valence-electron chi connectivity index (χ4n) is 2.18. The van der Waals surface area contributed by atoms with Gasteiger partial charge < -0.3 is 10.1 Å². The second-order valence-electron chi connectivity index (χ2n) is 5.68. The highest BCUT2D eigenvalue weighted by molar-refractivity contribution is 7.99. The average Bonchev–Trinajstić information content (AvgIpc) is 3.41. The van der Waals surface area contributed by atoms with Crippen molar-refractivity contribution in [3.8, 4) is 5.75 Å². The lowest BCUT2D eigenvalue weighted by Crippen LogP contribution is -2.13. The molecule has 0 unspecified atom stereocenters. The zero-order valence-electron chi connectivity index (χ0n) is 13.2. The first-order valence-corrected chi connectivity index (χ1v) is 8.99. The standard InChI is InChI=1S/C19H19NO3S/c21-18(11-12-24-17-7-2-1-3-8-17)23-16-6-4-5-15(13-16)20-19(22)14-9-10-14/h1-8,13-14H,9-12H2,(H,20,22). The van der Waals surface area contributed by atoms with Crippen LogP contribution in [0.1, 0.15) is 19.3 Å². The highest BCUT2D eigenvalue weighted by Crippen LogP contribution is 2.30. The molecule has 1 fully saturated rings. The molecule has 0 bridgehead atoms. The van der Waals surface area contributed by atoms with Crippen molar-refractivity contribution in [2.75, 3.05) is 11.1 Å². The lowest BCUT2D eigenvalue weighted by atomic mass is 10.3. The maximum Gasteiger partial charge on any atom is 0.312 e. The summed E-state index contributed by atoms with van der Waals surface area (Å²) in [6, 6.07) is 16.9. The molecule has 0 aliphatic heterocycles. The molecule has 1 saturated carbocycles. The third kappa shape index (κ3) is 5.13. The number of ether oxygens (including phenoxy) is 1. The fourth-order valence-corrected chi connectivity index (χ4v) is 3.03. The number of anilines is 1. The van der Waals surface area contributed by atoms with E-state index in [4.69, 9.17) is 4.74 Å². The zero-order valence-corrected chi connectivity index (χ0v) is 14.1. The summed E-state index contributed by atoms with van der Waals surface area (Å²) in [6.07, 6.45) is 2.25. The molecule has 24 heavy (non-hydrogen) atoms. The van der Waals surface area contributed by atoms with E-state index in [2.05, 4.69) is 5.32 Å². The van der Waals surface area contributed by atoms with E-state index in [-0.39, 0.29) is 17.8 Å². The van der Waals surface area contributed by atoms with Crippen molar-refractivity contribution >= 4 is 29.3 Å². The summed E-state index contributed by atoms with van der Waals surface area (Å²) in [4.78, 5) is 24.8. The first-order valence-electron chi connectivity index (χ1n) is 8.00. The van der Waals surface area contributed by atoms with Crippen molar-refractivity contribution in [3.63, 3.8) is 0 Å². The van der Waals surface area contributed by atoms with E-state index in [0.717, 1.165) is 17.7 Å². The lowest BCUT2D eigenvalue weighted by Gasteiger charge is -2.08. The maximum absolute atomic E-state index is 11.9. The van der Waals surface area contributed by atoms with Crippen molar-refractivity contribution in [1.29, 1.82) is 0 Å². The Morgan fingerprint density at radius 2 is 1.88 bits per heavy atom. The largest absolute Gasteiger partial charge is 0.426 e. The Labute approximate surface area is 145 Å². The molecule has 0 atom stereocenters. The Bertz CT molecular complexity index is 714. The first kappa shape index (κ1) is 16.6. The normalized spacial score (nSPS) is 13.3. The minimum absolute atomic E-state index is 0.0396. The molecule has 1 aliphatic rings. The fraction of sp³-hybridized carbons (Fsp3) is 0.263. The summed E-state index contributed by atoms with van der Waals surface area (Å²) in [5.74, 6) is 1.03. The Morgan fingerprint density at radius 3 is 2.62 bits per heavy atom. The highest BCUT2D eigenvalue weighted by atomic mass is 32.2. The Morgan fingerprint density at radius 1 is 1.08 bits per heavy atom. The molecule has 1 aliphatic carbocycles. The number of esters is 1. The molecule has 0 heterocycles. The summed E-state index contributed by atoms with van der Waals surface area (Å²) in [5, 5.41) is 2.85. The zero-order chi connectivity index (χ0) is 16.8. The second-order valence-corrected chi connectivity index (χ2v) is 6.85. The van der Waals surface area contributed by atoms with Crippen molar-refractivity contribution in [1.82, 2.24) is 0 Å². The minimum Gasteiger partial charge on any atom is -0.426 e. The third-order valence-corrected chi connectivity index (χ3v) is 4.61. The molecule has 0 aromatic heterocycles. The van der Waals surface area contributed by atoms with Gasteiger partial charge in [0.05, 0.1) is 6.42 Å². The Hall–Kier alpha value is -2.27. The summed E-state index contributed by atoms with van der Waals surface area (Å²) in [5.41, 5.74) is 0.663. The molecule has 0 radical (unpaired) electrons. The van der Waals surface area contributed by atoms with Gasteiger partial charge >= 0.3 is 5.97 Å². The van der Waals surface area contributed by atoms with Crippen LogP contribution in [0.3, 0.4) is 0 Å². The van der Waals surface area contributed by atoms with Crippen LogP contribution in [0.15, 0.2) is 59.5 Å². The Kier molecular flexibility index (Phi) is 5.54. The molecule has 4 nitrogen and oxygen atoms in total. The van der Waals surface area contributed by atoms with Crippen LogP contribution in [-0.2, 0) is 9.59 Å². The van der Waals surface area contributed by atoms with Crippen LogP contribution < -0.4 is 10.1 Å². The third-order valence-electron chi connectivity index (χ3n) is 3.60. The topological polar surface area (TPSA) is 55.4 Å². The molecular formula is C19H19NO3S. The van der Waals surface area contributed by atoms with Crippen LogP contribution in [0, 0.1) is 5.92 Å². The predicted octanol–water partition coefficient (Wildman–Crippen LogP) is 4.12. The minimum atomic E-state index is -0.274. The first-order chi connectivity index (χ1) is 11.7. The molecule has 1 N–H and O–H groups in total. The van der Waals surface area contributed by atoms with Gasteiger partial charge in [-0.15, -0.1) is 11.8 Å². The number of carbonyl (C=O) groups is 2. The smallest absolute Gasteiger partial charge is 0.312 e. The molecule has 0 saturated heterocycles. The molecule has 1 amide bonds. The number of amides is 1. The van der Waals surface area contributed by atoms with E-state index in [0.29, 0.717) is 23.6 Å². The summed E-state index contributed by atoms with van der Waals surface area (Å²) < 4.78 is 5.35. The van der Waals surface area contributed by atoms with Gasteiger partial charge in [0.15, 0.2) is 0 Å². The van der Waals surface area contributed by atoms with Crippen LogP contribution in [0.2, 0.25) is 0 Å². The van der Waals surface area contributed by atoms with Gasteiger partial charge in [-0.25, -0.2) is 0 Å². The number of benzene rings is 2. The summed E-state index contributed by atoms with van der Waals surface area (Å²) in [6.45, 7) is 0. The van der Waals surface area contributed by atoms with Crippen LogP contribution >= 0.6 is 11.8 Å². The SMILES string of the molecule is O=C(CCSc1ccccc1)Oc1cccc(NC(=O)C2CC2)c1. The van der Waals surface area contributed by atoms with Gasteiger partial charge in [0.25, 0.3) is 0 Å². The molecule has 2 aromatic rings. The van der Waals surface area contributed by atoms with Crippen LogP contribution in [0.4, 0.5) is 5.69 Å². The molecule has 124 valence electrons. The quantitative estimate of drug-likeness (QED) is 0.467. The van der Waals surface area contributed by atoms with Crippen LogP contribution in [0.5, 0.6) is 5.75 Å². The van der Waals surface area contributed by atoms with Gasteiger partial charge in [-0.1, -0.05) is 24.3 Å². The molecule has 2 aromatic carbocycles. The Balaban J connectivity index is 1.46. The average molecular weight is 341 g/mol. The highest BCUT2D eigenvalue weighted by Gasteiger charge is 2.29. The lowest BCUT2D eigenvalue weighted by molar-refractivity contribution is -0.133. The molecular weight excluding hydrogens is 322 g/mol. The second kappa shape index (κ2) is 8.02. The van der Waals surface area contributed by atoms with Gasteiger partial charge in [0.2, 0.25) is 5.91 Å². The number of carbonyl (C=O) groups excluding carboxylic acids is 2. The van der Waals surface area contributed by atoms with Crippen LogP contribution in [0.25, 0.3) is 0 Å². The van der Waals surface area contributed by atoms with Crippen molar-refractivity contribution < 1.29 is 14.3 Å². The molecule has 0 spiro atoms. The predicted molar refractivity (Wildman–Crippen MR) is 95.2 cm³/mol. The maximum atomic E-state index is 11.9. The van der Waals surface area contributed by atoms with Gasteiger partial charge in [0, 0.05) is 28.3 Å². The number of rotatable bonds is 7.